The lowest BCUT2D eigenvalue weighted by atomic mass is 10.2. The number of aromatic nitrogens is 1. The Balaban J connectivity index is 2.31. The topological polar surface area (TPSA) is 118 Å². The highest BCUT2D eigenvalue weighted by atomic mass is 16.6. The van der Waals surface area contributed by atoms with Crippen LogP contribution in [0.4, 0.5) is 4.79 Å². The number of carboxylic acid groups (broad SMARTS) is 1. The molecule has 0 fully saturated rings. The smallest absolute Gasteiger partial charge is 0.407 e. The lowest BCUT2D eigenvalue weighted by Gasteiger charge is -2.19. The molecule has 0 aliphatic heterocycles. The predicted molar refractivity (Wildman–Crippen MR) is 82.4 cm³/mol. The molecule has 1 heterocycles. The van der Waals surface area contributed by atoms with Gasteiger partial charge in [-0.15, -0.1) is 0 Å². The molecule has 1 aromatic rings. The van der Waals surface area contributed by atoms with Crippen molar-refractivity contribution in [3.05, 3.63) is 29.6 Å². The number of alkyl carbamates (subject to hydrolysis) is 1. The number of nitrogens with one attached hydrogen (secondary N) is 2. The van der Waals surface area contributed by atoms with E-state index in [0.717, 1.165) is 0 Å². The van der Waals surface area contributed by atoms with Gasteiger partial charge >= 0.3 is 12.1 Å². The summed E-state index contributed by atoms with van der Waals surface area (Å²) in [6.07, 6.45) is 1.26. The van der Waals surface area contributed by atoms with Crippen molar-refractivity contribution in [1.82, 2.24) is 15.6 Å². The number of hydrogen-bond donors (Lipinski definition) is 3. The quantitative estimate of drug-likeness (QED) is 0.682. The molecule has 126 valence electrons. The fourth-order valence-corrected chi connectivity index (χ4v) is 1.57. The number of rotatable bonds is 6. The molecule has 0 radical (unpaired) electrons. The molecule has 1 aromatic heterocycles. The van der Waals surface area contributed by atoms with Crippen molar-refractivity contribution in [2.75, 3.05) is 13.1 Å². The molecule has 0 saturated heterocycles. The van der Waals surface area contributed by atoms with Crippen molar-refractivity contribution in [2.24, 2.45) is 0 Å². The van der Waals surface area contributed by atoms with Crippen molar-refractivity contribution >= 4 is 18.0 Å². The van der Waals surface area contributed by atoms with Crippen LogP contribution in [0.1, 0.15) is 48.0 Å². The molecule has 1 rings (SSSR count). The SMILES string of the molecule is CC(C)(C)OC(=O)NCCCNC(=O)c1cc(C(=O)O)ccn1. The molecule has 23 heavy (non-hydrogen) atoms. The molecule has 8 heteroatoms. The van der Waals surface area contributed by atoms with Crippen LogP contribution in [0, 0.1) is 0 Å². The van der Waals surface area contributed by atoms with Crippen LogP contribution in [0.25, 0.3) is 0 Å². The van der Waals surface area contributed by atoms with E-state index in [1.54, 1.807) is 20.8 Å². The van der Waals surface area contributed by atoms with Gasteiger partial charge in [0.2, 0.25) is 0 Å². The average molecular weight is 323 g/mol. The zero-order valence-electron chi connectivity index (χ0n) is 13.4. The number of carbonyl (C=O) groups excluding carboxylic acids is 2. The standard InChI is InChI=1S/C15H21N3O5/c1-15(2,3)23-14(22)18-7-4-6-17-12(19)11-9-10(13(20)21)5-8-16-11/h5,8-9H,4,6-7H2,1-3H3,(H,17,19)(H,18,22)(H,20,21). The van der Waals surface area contributed by atoms with Crippen LogP contribution in [-0.2, 0) is 4.74 Å². The highest BCUT2D eigenvalue weighted by molar-refractivity contribution is 5.95. The molecule has 0 bridgehead atoms. The Hall–Kier alpha value is -2.64. The van der Waals surface area contributed by atoms with Crippen LogP contribution < -0.4 is 10.6 Å². The number of ether oxygens (including phenoxy) is 1. The largest absolute Gasteiger partial charge is 0.478 e. The van der Waals surface area contributed by atoms with Crippen LogP contribution in [0.5, 0.6) is 0 Å². The van der Waals surface area contributed by atoms with Gasteiger partial charge in [-0.3, -0.25) is 9.78 Å². The summed E-state index contributed by atoms with van der Waals surface area (Å²) in [5, 5.41) is 14.0. The van der Waals surface area contributed by atoms with Crippen LogP contribution in [0.3, 0.4) is 0 Å². The van der Waals surface area contributed by atoms with Crippen molar-refractivity contribution in [3.8, 4) is 0 Å². The van der Waals surface area contributed by atoms with Crippen molar-refractivity contribution in [3.63, 3.8) is 0 Å². The van der Waals surface area contributed by atoms with Crippen LogP contribution in [0.2, 0.25) is 0 Å². The number of carbonyl (C=O) groups is 3. The van der Waals surface area contributed by atoms with Gasteiger partial charge in [0.1, 0.15) is 11.3 Å². The first kappa shape index (κ1) is 18.4. The Labute approximate surface area is 134 Å². The second kappa shape index (κ2) is 8.11. The van der Waals surface area contributed by atoms with E-state index in [9.17, 15) is 14.4 Å². The number of hydrogen-bond acceptors (Lipinski definition) is 5. The molecule has 0 aromatic carbocycles. The number of amides is 2. The third-order valence-electron chi connectivity index (χ3n) is 2.55. The fourth-order valence-electron chi connectivity index (χ4n) is 1.57. The maximum atomic E-state index is 11.8. The van der Waals surface area contributed by atoms with E-state index >= 15 is 0 Å². The summed E-state index contributed by atoms with van der Waals surface area (Å²) in [7, 11) is 0. The highest BCUT2D eigenvalue weighted by Gasteiger charge is 2.15. The van der Waals surface area contributed by atoms with Crippen LogP contribution >= 0.6 is 0 Å². The normalized spacial score (nSPS) is 10.7. The molecule has 0 atom stereocenters. The third-order valence-corrected chi connectivity index (χ3v) is 2.55. The van der Waals surface area contributed by atoms with Gasteiger partial charge in [-0.2, -0.15) is 0 Å². The lowest BCUT2D eigenvalue weighted by molar-refractivity contribution is 0.0527. The van der Waals surface area contributed by atoms with Gasteiger partial charge in [-0.25, -0.2) is 9.59 Å². The second-order valence-corrected chi connectivity index (χ2v) is 5.77. The molecule has 2 amide bonds. The Kier molecular flexibility index (Phi) is 6.49. The number of carboxylic acids is 1. The van der Waals surface area contributed by atoms with Crippen LogP contribution in [0.15, 0.2) is 18.3 Å². The lowest BCUT2D eigenvalue weighted by Crippen LogP contribution is -2.34. The number of pyridine rings is 1. The van der Waals surface area contributed by atoms with E-state index in [1.807, 2.05) is 0 Å². The monoisotopic (exact) mass is 323 g/mol. The molecular formula is C15H21N3O5. The zero-order valence-corrected chi connectivity index (χ0v) is 13.4. The summed E-state index contributed by atoms with van der Waals surface area (Å²) in [6.45, 7) is 5.96. The van der Waals surface area contributed by atoms with Gasteiger partial charge in [-0.1, -0.05) is 0 Å². The maximum absolute atomic E-state index is 11.8. The predicted octanol–water partition coefficient (Wildman–Crippen LogP) is 1.42. The molecule has 0 unspecified atom stereocenters. The number of nitrogens with zero attached hydrogens (tertiary/aromatic N) is 1. The van der Waals surface area contributed by atoms with Gasteiger partial charge in [0.15, 0.2) is 0 Å². The summed E-state index contributed by atoms with van der Waals surface area (Å²) >= 11 is 0. The van der Waals surface area contributed by atoms with E-state index in [4.69, 9.17) is 9.84 Å². The maximum Gasteiger partial charge on any atom is 0.407 e. The zero-order chi connectivity index (χ0) is 17.5. The molecule has 0 aliphatic carbocycles. The van der Waals surface area contributed by atoms with E-state index in [2.05, 4.69) is 15.6 Å². The van der Waals surface area contributed by atoms with Crippen molar-refractivity contribution < 1.29 is 24.2 Å². The molecular weight excluding hydrogens is 302 g/mol. The minimum absolute atomic E-state index is 0.00302. The minimum Gasteiger partial charge on any atom is -0.478 e. The highest BCUT2D eigenvalue weighted by Crippen LogP contribution is 2.06. The Morgan fingerprint density at radius 1 is 1.22 bits per heavy atom. The van der Waals surface area contributed by atoms with E-state index in [0.29, 0.717) is 19.5 Å². The van der Waals surface area contributed by atoms with Gasteiger partial charge in [0.25, 0.3) is 5.91 Å². The Morgan fingerprint density at radius 2 is 1.87 bits per heavy atom. The fraction of sp³-hybridized carbons (Fsp3) is 0.467. The first-order valence-electron chi connectivity index (χ1n) is 7.13. The number of aromatic carboxylic acids is 1. The Morgan fingerprint density at radius 3 is 2.48 bits per heavy atom. The average Bonchev–Trinajstić information content (AvgIpc) is 2.45. The molecule has 8 nitrogen and oxygen atoms in total. The minimum atomic E-state index is -1.12. The second-order valence-electron chi connectivity index (χ2n) is 5.77. The summed E-state index contributed by atoms with van der Waals surface area (Å²) in [6, 6.07) is 2.51. The van der Waals surface area contributed by atoms with E-state index in [-0.39, 0.29) is 11.3 Å². The molecule has 0 spiro atoms. The Bertz CT molecular complexity index is 581. The van der Waals surface area contributed by atoms with Crippen molar-refractivity contribution in [2.45, 2.75) is 32.8 Å². The van der Waals surface area contributed by atoms with Gasteiger partial charge < -0.3 is 20.5 Å². The van der Waals surface area contributed by atoms with Gasteiger partial charge in [0, 0.05) is 19.3 Å². The van der Waals surface area contributed by atoms with Crippen molar-refractivity contribution in [1.29, 1.82) is 0 Å². The van der Waals surface area contributed by atoms with Crippen LogP contribution in [-0.4, -0.2) is 46.8 Å². The summed E-state index contributed by atoms with van der Waals surface area (Å²) in [5.74, 6) is -1.59. The summed E-state index contributed by atoms with van der Waals surface area (Å²) in [4.78, 5) is 37.9. The first-order chi connectivity index (χ1) is 10.7. The molecule has 0 aliphatic rings. The van der Waals surface area contributed by atoms with E-state index in [1.165, 1.54) is 18.3 Å². The summed E-state index contributed by atoms with van der Waals surface area (Å²) in [5.41, 5.74) is -0.527. The van der Waals surface area contributed by atoms with E-state index < -0.39 is 23.6 Å². The molecule has 3 N–H and O–H groups in total. The summed E-state index contributed by atoms with van der Waals surface area (Å²) < 4.78 is 5.07. The van der Waals surface area contributed by atoms with Gasteiger partial charge in [0.05, 0.1) is 5.56 Å². The third kappa shape index (κ3) is 7.25. The first-order valence-corrected chi connectivity index (χ1v) is 7.13. The molecule has 0 saturated carbocycles. The van der Waals surface area contributed by atoms with Gasteiger partial charge in [-0.05, 0) is 39.3 Å².